The topological polar surface area (TPSA) is 73.6 Å². The molecule has 0 aromatic heterocycles. The number of hydrogen-bond acceptors (Lipinski definition) is 4. The number of methoxy groups -OCH3 is 1. The highest BCUT2D eigenvalue weighted by Gasteiger charge is 2.08. The molecule has 1 amide bonds. The zero-order valence-electron chi connectivity index (χ0n) is 13.7. The summed E-state index contributed by atoms with van der Waals surface area (Å²) in [5.74, 6) is 0.485. The Morgan fingerprint density at radius 2 is 1.95 bits per heavy atom. The van der Waals surface area contributed by atoms with Crippen molar-refractivity contribution in [3.63, 3.8) is 0 Å². The van der Waals surface area contributed by atoms with Crippen LogP contribution in [0.3, 0.4) is 0 Å². The Labute approximate surface area is 133 Å². The van der Waals surface area contributed by atoms with Gasteiger partial charge in [0, 0.05) is 19.2 Å². The van der Waals surface area contributed by atoms with Crippen LogP contribution in [0.2, 0.25) is 0 Å². The van der Waals surface area contributed by atoms with Crippen LogP contribution in [0.15, 0.2) is 18.2 Å². The summed E-state index contributed by atoms with van der Waals surface area (Å²) < 4.78 is 10.6. The number of unbranched alkanes of at least 4 members (excludes halogenated alkanes) is 4. The number of anilines is 1. The number of carbonyl (C=O) groups is 1. The summed E-state index contributed by atoms with van der Waals surface area (Å²) in [4.78, 5) is 11.9. The summed E-state index contributed by atoms with van der Waals surface area (Å²) in [6.07, 6.45) is 5.96. The molecule has 5 heteroatoms. The summed E-state index contributed by atoms with van der Waals surface area (Å²) in [6.45, 7) is 3.82. The third-order valence-electron chi connectivity index (χ3n) is 3.37. The van der Waals surface area contributed by atoms with Crippen LogP contribution in [0, 0.1) is 0 Å². The van der Waals surface area contributed by atoms with Gasteiger partial charge in [-0.05, 0) is 24.6 Å². The van der Waals surface area contributed by atoms with Crippen molar-refractivity contribution in [2.24, 2.45) is 0 Å². The third-order valence-corrected chi connectivity index (χ3v) is 3.37. The number of carbonyl (C=O) groups excluding carboxylic acids is 1. The van der Waals surface area contributed by atoms with Crippen LogP contribution in [-0.2, 0) is 4.74 Å². The lowest BCUT2D eigenvalue weighted by Gasteiger charge is -2.10. The van der Waals surface area contributed by atoms with Gasteiger partial charge in [0.25, 0.3) is 5.91 Å². The monoisotopic (exact) mass is 308 g/mol. The van der Waals surface area contributed by atoms with E-state index in [9.17, 15) is 4.79 Å². The Morgan fingerprint density at radius 3 is 2.64 bits per heavy atom. The SMILES string of the molecule is CCCCCCCOc1ccc(C(=O)NCCOC)cc1N. The Bertz CT molecular complexity index is 450. The average Bonchev–Trinajstić information content (AvgIpc) is 2.52. The van der Waals surface area contributed by atoms with Gasteiger partial charge in [0.15, 0.2) is 0 Å². The number of nitrogens with one attached hydrogen (secondary N) is 1. The van der Waals surface area contributed by atoms with Crippen molar-refractivity contribution in [1.29, 1.82) is 0 Å². The highest BCUT2D eigenvalue weighted by atomic mass is 16.5. The maximum absolute atomic E-state index is 11.9. The molecule has 22 heavy (non-hydrogen) atoms. The molecular weight excluding hydrogens is 280 g/mol. The van der Waals surface area contributed by atoms with E-state index in [2.05, 4.69) is 12.2 Å². The molecule has 124 valence electrons. The standard InChI is InChI=1S/C17H28N2O3/c1-3-4-5-6-7-11-22-16-9-8-14(13-15(16)18)17(20)19-10-12-21-2/h8-9,13H,3-7,10-12,18H2,1-2H3,(H,19,20). The molecule has 0 unspecified atom stereocenters. The molecule has 0 heterocycles. The molecule has 1 aromatic rings. The molecule has 0 fully saturated rings. The van der Waals surface area contributed by atoms with E-state index in [1.807, 2.05) is 0 Å². The van der Waals surface area contributed by atoms with Crippen molar-refractivity contribution in [2.75, 3.05) is 32.6 Å². The maximum atomic E-state index is 11.9. The third kappa shape index (κ3) is 6.80. The number of hydrogen-bond donors (Lipinski definition) is 2. The minimum Gasteiger partial charge on any atom is -0.491 e. The molecule has 0 saturated carbocycles. The lowest BCUT2D eigenvalue weighted by Crippen LogP contribution is -2.26. The van der Waals surface area contributed by atoms with E-state index >= 15 is 0 Å². The van der Waals surface area contributed by atoms with Gasteiger partial charge < -0.3 is 20.5 Å². The van der Waals surface area contributed by atoms with Crippen molar-refractivity contribution in [3.05, 3.63) is 23.8 Å². The second-order valence-corrected chi connectivity index (χ2v) is 5.26. The molecule has 0 spiro atoms. The smallest absolute Gasteiger partial charge is 0.251 e. The first-order valence-electron chi connectivity index (χ1n) is 7.98. The largest absolute Gasteiger partial charge is 0.491 e. The van der Waals surface area contributed by atoms with Crippen molar-refractivity contribution in [2.45, 2.75) is 39.0 Å². The Balaban J connectivity index is 2.39. The van der Waals surface area contributed by atoms with Gasteiger partial charge in [-0.15, -0.1) is 0 Å². The second kappa shape index (κ2) is 10.9. The fraction of sp³-hybridized carbons (Fsp3) is 0.588. The molecule has 3 N–H and O–H groups in total. The molecule has 1 aromatic carbocycles. The number of benzene rings is 1. The molecule has 1 rings (SSSR count). The number of nitrogen functional groups attached to an aromatic ring is 1. The summed E-state index contributed by atoms with van der Waals surface area (Å²) in [7, 11) is 1.60. The van der Waals surface area contributed by atoms with Crippen LogP contribution in [-0.4, -0.2) is 32.8 Å². The second-order valence-electron chi connectivity index (χ2n) is 5.26. The Morgan fingerprint density at radius 1 is 1.18 bits per heavy atom. The van der Waals surface area contributed by atoms with Gasteiger partial charge in [0.1, 0.15) is 5.75 Å². The van der Waals surface area contributed by atoms with E-state index in [-0.39, 0.29) is 5.91 Å². The predicted octanol–water partition coefficient (Wildman–Crippen LogP) is 2.99. The molecule has 0 atom stereocenters. The van der Waals surface area contributed by atoms with E-state index < -0.39 is 0 Å². The van der Waals surface area contributed by atoms with Crippen LogP contribution >= 0.6 is 0 Å². The Kier molecular flexibility index (Phi) is 9.07. The molecule has 0 aliphatic carbocycles. The quantitative estimate of drug-likeness (QED) is 0.487. The number of nitrogens with two attached hydrogens (primary N) is 1. The molecule has 5 nitrogen and oxygen atoms in total. The molecule has 0 aliphatic rings. The summed E-state index contributed by atoms with van der Waals surface area (Å²) >= 11 is 0. The van der Waals surface area contributed by atoms with Gasteiger partial charge in [-0.3, -0.25) is 4.79 Å². The van der Waals surface area contributed by atoms with E-state index in [1.165, 1.54) is 25.7 Å². The van der Waals surface area contributed by atoms with Crippen molar-refractivity contribution < 1.29 is 14.3 Å². The van der Waals surface area contributed by atoms with Gasteiger partial charge in [0.05, 0.1) is 18.9 Å². The van der Waals surface area contributed by atoms with E-state index in [4.69, 9.17) is 15.2 Å². The number of amides is 1. The first kappa shape index (κ1) is 18.3. The van der Waals surface area contributed by atoms with E-state index in [0.717, 1.165) is 6.42 Å². The fourth-order valence-electron chi connectivity index (χ4n) is 2.08. The molecule has 0 aliphatic heterocycles. The lowest BCUT2D eigenvalue weighted by molar-refractivity contribution is 0.0937. The van der Waals surface area contributed by atoms with Crippen molar-refractivity contribution in [1.82, 2.24) is 5.32 Å². The summed E-state index contributed by atoms with van der Waals surface area (Å²) in [6, 6.07) is 5.13. The van der Waals surface area contributed by atoms with Gasteiger partial charge in [-0.2, -0.15) is 0 Å². The number of rotatable bonds is 11. The predicted molar refractivity (Wildman–Crippen MR) is 89.3 cm³/mol. The number of ether oxygens (including phenoxy) is 2. The van der Waals surface area contributed by atoms with Crippen LogP contribution in [0.25, 0.3) is 0 Å². The minimum atomic E-state index is -0.158. The normalized spacial score (nSPS) is 10.5. The minimum absolute atomic E-state index is 0.158. The van der Waals surface area contributed by atoms with Crippen LogP contribution in [0.5, 0.6) is 5.75 Å². The maximum Gasteiger partial charge on any atom is 0.251 e. The Hall–Kier alpha value is -1.75. The van der Waals surface area contributed by atoms with Crippen LogP contribution < -0.4 is 15.8 Å². The first-order chi connectivity index (χ1) is 10.7. The molecule has 0 radical (unpaired) electrons. The van der Waals surface area contributed by atoms with Crippen LogP contribution in [0.1, 0.15) is 49.4 Å². The van der Waals surface area contributed by atoms with Gasteiger partial charge in [-0.25, -0.2) is 0 Å². The molecule has 0 saturated heterocycles. The summed E-state index contributed by atoms with van der Waals surface area (Å²) in [5.41, 5.74) is 6.97. The molecular formula is C17H28N2O3. The average molecular weight is 308 g/mol. The highest BCUT2D eigenvalue weighted by Crippen LogP contribution is 2.23. The van der Waals surface area contributed by atoms with Gasteiger partial charge >= 0.3 is 0 Å². The van der Waals surface area contributed by atoms with Crippen molar-refractivity contribution >= 4 is 11.6 Å². The van der Waals surface area contributed by atoms with Crippen molar-refractivity contribution in [3.8, 4) is 5.75 Å². The zero-order valence-corrected chi connectivity index (χ0v) is 13.7. The first-order valence-corrected chi connectivity index (χ1v) is 7.98. The highest BCUT2D eigenvalue weighted by molar-refractivity contribution is 5.95. The van der Waals surface area contributed by atoms with E-state index in [1.54, 1.807) is 25.3 Å². The lowest BCUT2D eigenvalue weighted by atomic mass is 10.1. The van der Waals surface area contributed by atoms with E-state index in [0.29, 0.717) is 36.8 Å². The van der Waals surface area contributed by atoms with Gasteiger partial charge in [0.2, 0.25) is 0 Å². The van der Waals surface area contributed by atoms with Gasteiger partial charge in [-0.1, -0.05) is 32.6 Å². The zero-order chi connectivity index (χ0) is 16.2. The molecule has 0 bridgehead atoms. The van der Waals surface area contributed by atoms with Crippen LogP contribution in [0.4, 0.5) is 5.69 Å². The summed E-state index contributed by atoms with van der Waals surface area (Å²) in [5, 5.41) is 2.76. The fourth-order valence-corrected chi connectivity index (χ4v) is 2.08.